The highest BCUT2D eigenvalue weighted by atomic mass is 16.4. The van der Waals surface area contributed by atoms with Crippen molar-refractivity contribution in [3.63, 3.8) is 0 Å². The first-order valence-electron chi connectivity index (χ1n) is 4.75. The first-order chi connectivity index (χ1) is 6.69. The van der Waals surface area contributed by atoms with Gasteiger partial charge in [0.1, 0.15) is 11.2 Å². The number of hydrogen-bond acceptors (Lipinski definition) is 3. The SMILES string of the molecule is CCc1ccnc(C2(C(=O)O)CC2)n1. The van der Waals surface area contributed by atoms with Gasteiger partial charge in [-0.15, -0.1) is 0 Å². The number of carboxylic acid groups (broad SMARTS) is 1. The molecule has 74 valence electrons. The van der Waals surface area contributed by atoms with Gasteiger partial charge >= 0.3 is 5.97 Å². The van der Waals surface area contributed by atoms with Crippen LogP contribution in [0.25, 0.3) is 0 Å². The second kappa shape index (κ2) is 3.04. The smallest absolute Gasteiger partial charge is 0.317 e. The zero-order valence-electron chi connectivity index (χ0n) is 8.03. The molecule has 0 amide bonds. The number of carboxylic acids is 1. The lowest BCUT2D eigenvalue weighted by atomic mass is 10.1. The van der Waals surface area contributed by atoms with E-state index < -0.39 is 11.4 Å². The highest BCUT2D eigenvalue weighted by molar-refractivity contribution is 5.83. The van der Waals surface area contributed by atoms with Crippen LogP contribution in [0.1, 0.15) is 31.3 Å². The van der Waals surface area contributed by atoms with E-state index in [1.54, 1.807) is 6.20 Å². The van der Waals surface area contributed by atoms with Gasteiger partial charge in [-0.05, 0) is 25.3 Å². The van der Waals surface area contributed by atoms with Gasteiger partial charge in [-0.25, -0.2) is 9.97 Å². The average molecular weight is 192 g/mol. The Morgan fingerprint density at radius 3 is 2.86 bits per heavy atom. The van der Waals surface area contributed by atoms with E-state index in [2.05, 4.69) is 9.97 Å². The van der Waals surface area contributed by atoms with Crippen molar-refractivity contribution in [1.82, 2.24) is 9.97 Å². The molecule has 0 aliphatic heterocycles. The van der Waals surface area contributed by atoms with Crippen molar-refractivity contribution in [3.05, 3.63) is 23.8 Å². The van der Waals surface area contributed by atoms with Crippen molar-refractivity contribution in [3.8, 4) is 0 Å². The van der Waals surface area contributed by atoms with E-state index in [9.17, 15) is 4.79 Å². The maximum absolute atomic E-state index is 11.0. The van der Waals surface area contributed by atoms with E-state index in [4.69, 9.17) is 5.11 Å². The molecule has 0 bridgehead atoms. The van der Waals surface area contributed by atoms with E-state index in [0.717, 1.165) is 12.1 Å². The Hall–Kier alpha value is -1.45. The molecule has 1 saturated carbocycles. The third-order valence-electron chi connectivity index (χ3n) is 2.66. The van der Waals surface area contributed by atoms with Gasteiger partial charge in [0.2, 0.25) is 0 Å². The van der Waals surface area contributed by atoms with Crippen molar-refractivity contribution in [2.45, 2.75) is 31.6 Å². The monoisotopic (exact) mass is 192 g/mol. The van der Waals surface area contributed by atoms with Crippen LogP contribution in [0.4, 0.5) is 0 Å². The second-order valence-electron chi connectivity index (χ2n) is 3.61. The summed E-state index contributed by atoms with van der Waals surface area (Å²) in [5.41, 5.74) is 0.132. The van der Waals surface area contributed by atoms with Crippen LogP contribution in [0, 0.1) is 0 Å². The molecule has 0 unspecified atom stereocenters. The summed E-state index contributed by atoms with van der Waals surface area (Å²) < 4.78 is 0. The van der Waals surface area contributed by atoms with Crippen molar-refractivity contribution >= 4 is 5.97 Å². The minimum Gasteiger partial charge on any atom is -0.480 e. The zero-order valence-corrected chi connectivity index (χ0v) is 8.03. The van der Waals surface area contributed by atoms with Crippen molar-refractivity contribution < 1.29 is 9.90 Å². The van der Waals surface area contributed by atoms with Gasteiger partial charge < -0.3 is 5.11 Å². The number of nitrogens with zero attached hydrogens (tertiary/aromatic N) is 2. The van der Waals surface area contributed by atoms with Gasteiger partial charge in [0.15, 0.2) is 0 Å². The Morgan fingerprint density at radius 1 is 1.64 bits per heavy atom. The van der Waals surface area contributed by atoms with E-state index >= 15 is 0 Å². The molecule has 1 aromatic heterocycles. The molecule has 1 heterocycles. The van der Waals surface area contributed by atoms with Crippen LogP contribution in [0.2, 0.25) is 0 Å². The van der Waals surface area contributed by atoms with Crippen LogP contribution >= 0.6 is 0 Å². The highest BCUT2D eigenvalue weighted by Crippen LogP contribution is 2.46. The number of aromatic nitrogens is 2. The highest BCUT2D eigenvalue weighted by Gasteiger charge is 2.54. The maximum atomic E-state index is 11.0. The lowest BCUT2D eigenvalue weighted by Crippen LogP contribution is -2.22. The Balaban J connectivity index is 2.37. The summed E-state index contributed by atoms with van der Waals surface area (Å²) in [4.78, 5) is 19.3. The largest absolute Gasteiger partial charge is 0.480 e. The van der Waals surface area contributed by atoms with E-state index in [1.807, 2.05) is 13.0 Å². The summed E-state index contributed by atoms with van der Waals surface area (Å²) in [5.74, 6) is -0.324. The number of aryl methyl sites for hydroxylation is 1. The topological polar surface area (TPSA) is 63.1 Å². The maximum Gasteiger partial charge on any atom is 0.317 e. The molecule has 0 atom stereocenters. The minimum absolute atomic E-state index is 0.476. The zero-order chi connectivity index (χ0) is 10.2. The van der Waals surface area contributed by atoms with Crippen LogP contribution < -0.4 is 0 Å². The third kappa shape index (κ3) is 1.27. The Morgan fingerprint density at radius 2 is 2.36 bits per heavy atom. The van der Waals surface area contributed by atoms with E-state index in [-0.39, 0.29) is 0 Å². The molecule has 0 radical (unpaired) electrons. The molecule has 1 aliphatic rings. The quantitative estimate of drug-likeness (QED) is 0.780. The normalized spacial score (nSPS) is 17.8. The van der Waals surface area contributed by atoms with E-state index in [1.165, 1.54) is 0 Å². The fraction of sp³-hybridized carbons (Fsp3) is 0.500. The van der Waals surface area contributed by atoms with Crippen molar-refractivity contribution in [2.75, 3.05) is 0 Å². The summed E-state index contributed by atoms with van der Waals surface area (Å²) >= 11 is 0. The molecule has 0 aromatic carbocycles. The molecule has 1 fully saturated rings. The summed E-state index contributed by atoms with van der Waals surface area (Å²) in [6.45, 7) is 1.99. The lowest BCUT2D eigenvalue weighted by molar-refractivity contribution is -0.140. The fourth-order valence-corrected chi connectivity index (χ4v) is 1.48. The molecule has 4 nitrogen and oxygen atoms in total. The standard InChI is InChI=1S/C10H12N2O2/c1-2-7-3-6-11-8(12-7)10(4-5-10)9(13)14/h3,6H,2,4-5H2,1H3,(H,13,14). The fourth-order valence-electron chi connectivity index (χ4n) is 1.48. The molecular weight excluding hydrogens is 180 g/mol. The van der Waals surface area contributed by atoms with Gasteiger partial charge in [0.05, 0.1) is 0 Å². The van der Waals surface area contributed by atoms with E-state index in [0.29, 0.717) is 18.7 Å². The predicted octanol–water partition coefficient (Wildman–Crippen LogP) is 1.16. The number of hydrogen-bond donors (Lipinski definition) is 1. The predicted molar refractivity (Wildman–Crippen MR) is 50.0 cm³/mol. The lowest BCUT2D eigenvalue weighted by Gasteiger charge is -2.08. The second-order valence-corrected chi connectivity index (χ2v) is 3.61. The van der Waals surface area contributed by atoms with Gasteiger partial charge in [-0.1, -0.05) is 6.92 Å². The van der Waals surface area contributed by atoms with Crippen molar-refractivity contribution in [2.24, 2.45) is 0 Å². The summed E-state index contributed by atoms with van der Waals surface area (Å²) in [6, 6.07) is 1.82. The van der Waals surface area contributed by atoms with Crippen LogP contribution in [0.5, 0.6) is 0 Å². The van der Waals surface area contributed by atoms with Crippen molar-refractivity contribution in [1.29, 1.82) is 0 Å². The van der Waals surface area contributed by atoms with Gasteiger partial charge in [-0.3, -0.25) is 4.79 Å². The first kappa shape index (κ1) is 9.12. The van der Waals surface area contributed by atoms with Gasteiger partial charge in [0, 0.05) is 11.9 Å². The van der Waals surface area contributed by atoms with Crippen LogP contribution in [0.3, 0.4) is 0 Å². The Kier molecular flexibility index (Phi) is 1.98. The molecule has 1 aliphatic carbocycles. The van der Waals surface area contributed by atoms with Crippen LogP contribution in [-0.2, 0) is 16.6 Å². The summed E-state index contributed by atoms with van der Waals surface area (Å²) in [5, 5.41) is 9.04. The van der Waals surface area contributed by atoms with Gasteiger partial charge in [-0.2, -0.15) is 0 Å². The minimum atomic E-state index is -0.800. The third-order valence-corrected chi connectivity index (χ3v) is 2.66. The molecule has 0 spiro atoms. The van der Waals surface area contributed by atoms with Crippen LogP contribution in [0.15, 0.2) is 12.3 Å². The molecule has 14 heavy (non-hydrogen) atoms. The summed E-state index contributed by atoms with van der Waals surface area (Å²) in [6.07, 6.45) is 3.78. The molecule has 1 aromatic rings. The van der Waals surface area contributed by atoms with Gasteiger partial charge in [0.25, 0.3) is 0 Å². The van der Waals surface area contributed by atoms with Crippen LogP contribution in [-0.4, -0.2) is 21.0 Å². The molecule has 0 saturated heterocycles. The number of rotatable bonds is 3. The molecular formula is C10H12N2O2. The molecule has 4 heteroatoms. The average Bonchev–Trinajstić information content (AvgIpc) is 2.98. The first-order valence-corrected chi connectivity index (χ1v) is 4.75. The number of carbonyl (C=O) groups is 1. The molecule has 2 rings (SSSR count). The number of aliphatic carboxylic acids is 1. The molecule has 1 N–H and O–H groups in total. The Bertz CT molecular complexity index is 372. The summed E-state index contributed by atoms with van der Waals surface area (Å²) in [7, 11) is 0. The Labute approximate surface area is 82.0 Å².